The minimum Gasteiger partial charge on any atom is -0.480 e. The van der Waals surface area contributed by atoms with Crippen molar-refractivity contribution in [3.63, 3.8) is 0 Å². The third kappa shape index (κ3) is 3.46. The highest BCUT2D eigenvalue weighted by Gasteiger charge is 2.30. The molecule has 0 aliphatic rings. The number of hydrogen-bond donors (Lipinski definition) is 1. The highest BCUT2D eigenvalue weighted by molar-refractivity contribution is 5.96. The Bertz CT molecular complexity index is 482. The molecule has 1 aromatic rings. The van der Waals surface area contributed by atoms with E-state index in [1.165, 1.54) is 14.0 Å². The molecule has 1 aromatic carbocycles. The van der Waals surface area contributed by atoms with E-state index >= 15 is 0 Å². The van der Waals surface area contributed by atoms with Crippen LogP contribution in [-0.4, -0.2) is 35.0 Å². The van der Waals surface area contributed by atoms with Crippen LogP contribution in [0.3, 0.4) is 0 Å². The first kappa shape index (κ1) is 15.0. The molecule has 0 unspecified atom stereocenters. The lowest BCUT2D eigenvalue weighted by molar-refractivity contribution is -0.141. The maximum absolute atomic E-state index is 12.3. The molecule has 0 aliphatic heterocycles. The number of nitrogens with zero attached hydrogens (tertiary/aromatic N) is 1. The van der Waals surface area contributed by atoms with Gasteiger partial charge in [-0.1, -0.05) is 0 Å². The van der Waals surface area contributed by atoms with E-state index in [9.17, 15) is 22.8 Å². The molecule has 0 saturated heterocycles. The van der Waals surface area contributed by atoms with Crippen LogP contribution in [0.15, 0.2) is 24.3 Å². The first-order chi connectivity index (χ1) is 8.64. The van der Waals surface area contributed by atoms with E-state index in [1.54, 1.807) is 0 Å². The third-order valence-electron chi connectivity index (χ3n) is 2.72. The molecule has 0 aromatic heterocycles. The van der Waals surface area contributed by atoms with Gasteiger partial charge in [-0.3, -0.25) is 4.79 Å². The average molecular weight is 275 g/mol. The van der Waals surface area contributed by atoms with Crippen LogP contribution in [0.2, 0.25) is 0 Å². The number of likely N-dealkylation sites (N-methyl/N-ethyl adjacent to an activating group) is 1. The van der Waals surface area contributed by atoms with E-state index in [2.05, 4.69) is 0 Å². The lowest BCUT2D eigenvalue weighted by Gasteiger charge is -2.21. The van der Waals surface area contributed by atoms with Crippen molar-refractivity contribution in [1.29, 1.82) is 0 Å². The van der Waals surface area contributed by atoms with Crippen LogP contribution in [0.25, 0.3) is 0 Å². The van der Waals surface area contributed by atoms with Gasteiger partial charge in [0.1, 0.15) is 6.04 Å². The van der Waals surface area contributed by atoms with Crippen molar-refractivity contribution < 1.29 is 27.9 Å². The number of carboxylic acid groups (broad SMARTS) is 1. The molecule has 0 saturated carbocycles. The topological polar surface area (TPSA) is 57.6 Å². The van der Waals surface area contributed by atoms with Crippen LogP contribution in [0.5, 0.6) is 0 Å². The number of carbonyl (C=O) groups excluding carboxylic acids is 1. The Morgan fingerprint density at radius 2 is 1.68 bits per heavy atom. The fourth-order valence-corrected chi connectivity index (χ4v) is 1.35. The molecule has 0 radical (unpaired) electrons. The molecule has 0 spiro atoms. The second-order valence-electron chi connectivity index (χ2n) is 4.01. The number of hydrogen-bond acceptors (Lipinski definition) is 2. The second kappa shape index (κ2) is 5.29. The molecule has 1 N–H and O–H groups in total. The molecular weight excluding hydrogens is 263 g/mol. The highest BCUT2D eigenvalue weighted by atomic mass is 19.4. The van der Waals surface area contributed by atoms with Gasteiger partial charge in [0, 0.05) is 12.6 Å². The van der Waals surface area contributed by atoms with Gasteiger partial charge in [0.25, 0.3) is 5.91 Å². The minimum atomic E-state index is -4.47. The van der Waals surface area contributed by atoms with Gasteiger partial charge in [-0.15, -0.1) is 0 Å². The summed E-state index contributed by atoms with van der Waals surface area (Å²) in [6.45, 7) is 1.31. The Hall–Kier alpha value is -2.05. The molecule has 1 amide bonds. The largest absolute Gasteiger partial charge is 0.480 e. The molecule has 4 nitrogen and oxygen atoms in total. The van der Waals surface area contributed by atoms with Gasteiger partial charge in [0.15, 0.2) is 0 Å². The van der Waals surface area contributed by atoms with E-state index in [1.807, 2.05) is 0 Å². The van der Waals surface area contributed by atoms with Crippen molar-refractivity contribution in [2.75, 3.05) is 7.05 Å². The maximum atomic E-state index is 12.3. The van der Waals surface area contributed by atoms with E-state index in [-0.39, 0.29) is 5.56 Å². The predicted octanol–water partition coefficient (Wildman–Crippen LogP) is 2.25. The van der Waals surface area contributed by atoms with Gasteiger partial charge in [0.2, 0.25) is 0 Å². The minimum absolute atomic E-state index is 0.00333. The monoisotopic (exact) mass is 275 g/mol. The van der Waals surface area contributed by atoms with Crippen LogP contribution >= 0.6 is 0 Å². The summed E-state index contributed by atoms with van der Waals surface area (Å²) in [6, 6.07) is 2.56. The lowest BCUT2D eigenvalue weighted by atomic mass is 10.1. The third-order valence-corrected chi connectivity index (χ3v) is 2.72. The molecule has 1 rings (SSSR count). The van der Waals surface area contributed by atoms with Crippen molar-refractivity contribution in [2.45, 2.75) is 19.1 Å². The summed E-state index contributed by atoms with van der Waals surface area (Å²) in [5, 5.41) is 8.76. The van der Waals surface area contributed by atoms with Crippen LogP contribution in [0.4, 0.5) is 13.2 Å². The van der Waals surface area contributed by atoms with E-state index < -0.39 is 29.7 Å². The van der Waals surface area contributed by atoms with Crippen molar-refractivity contribution >= 4 is 11.9 Å². The number of alkyl halides is 3. The van der Waals surface area contributed by atoms with E-state index in [4.69, 9.17) is 5.11 Å². The average Bonchev–Trinajstić information content (AvgIpc) is 2.35. The molecule has 0 fully saturated rings. The summed E-state index contributed by atoms with van der Waals surface area (Å²) >= 11 is 0. The molecule has 19 heavy (non-hydrogen) atoms. The van der Waals surface area contributed by atoms with Gasteiger partial charge in [0.05, 0.1) is 5.56 Å². The Labute approximate surface area is 107 Å². The zero-order valence-electron chi connectivity index (χ0n) is 10.2. The van der Waals surface area contributed by atoms with E-state index in [0.29, 0.717) is 0 Å². The van der Waals surface area contributed by atoms with Crippen molar-refractivity contribution in [3.8, 4) is 0 Å². The molecule has 0 aliphatic carbocycles. The lowest BCUT2D eigenvalue weighted by Crippen LogP contribution is -2.40. The first-order valence-corrected chi connectivity index (χ1v) is 5.32. The smallest absolute Gasteiger partial charge is 0.416 e. The van der Waals surface area contributed by atoms with Crippen LogP contribution in [0, 0.1) is 0 Å². The number of halogens is 3. The Kier molecular flexibility index (Phi) is 4.18. The summed E-state index contributed by atoms with van der Waals surface area (Å²) in [5.41, 5.74) is -0.860. The SMILES string of the molecule is C[C@@H](C(=O)O)N(C)C(=O)c1ccc(C(F)(F)F)cc1. The maximum Gasteiger partial charge on any atom is 0.416 e. The van der Waals surface area contributed by atoms with Crippen LogP contribution < -0.4 is 0 Å². The second-order valence-corrected chi connectivity index (χ2v) is 4.01. The van der Waals surface area contributed by atoms with Gasteiger partial charge >= 0.3 is 12.1 Å². The van der Waals surface area contributed by atoms with Gasteiger partial charge < -0.3 is 10.0 Å². The summed E-state index contributed by atoms with van der Waals surface area (Å²) < 4.78 is 37.0. The number of aliphatic carboxylic acids is 1. The summed E-state index contributed by atoms with van der Waals surface area (Å²) in [5.74, 6) is -1.84. The number of carbonyl (C=O) groups is 2. The first-order valence-electron chi connectivity index (χ1n) is 5.32. The zero-order chi connectivity index (χ0) is 14.8. The normalized spacial score (nSPS) is 12.9. The summed E-state index contributed by atoms with van der Waals surface area (Å²) in [6.07, 6.45) is -4.47. The van der Waals surface area contributed by atoms with Crippen LogP contribution in [-0.2, 0) is 11.0 Å². The Morgan fingerprint density at radius 1 is 1.21 bits per heavy atom. The highest BCUT2D eigenvalue weighted by Crippen LogP contribution is 2.29. The van der Waals surface area contributed by atoms with Gasteiger partial charge in [-0.05, 0) is 31.2 Å². The molecule has 7 heteroatoms. The van der Waals surface area contributed by atoms with Crippen molar-refractivity contribution in [1.82, 2.24) is 4.90 Å². The Morgan fingerprint density at radius 3 is 2.05 bits per heavy atom. The van der Waals surface area contributed by atoms with Gasteiger partial charge in [-0.25, -0.2) is 4.79 Å². The molecule has 0 bridgehead atoms. The standard InChI is InChI=1S/C12H12F3NO3/c1-7(11(18)19)16(2)10(17)8-3-5-9(6-4-8)12(13,14)15/h3-7H,1-2H3,(H,18,19)/t7-/m0/s1. The van der Waals surface area contributed by atoms with E-state index in [0.717, 1.165) is 29.2 Å². The molecule has 1 atom stereocenters. The molecular formula is C12H12F3NO3. The Balaban J connectivity index is 2.93. The number of rotatable bonds is 3. The van der Waals surface area contributed by atoms with Crippen LogP contribution in [0.1, 0.15) is 22.8 Å². The molecule has 104 valence electrons. The zero-order valence-corrected chi connectivity index (χ0v) is 10.2. The number of carboxylic acids is 1. The fourth-order valence-electron chi connectivity index (χ4n) is 1.35. The summed E-state index contributed by atoms with van der Waals surface area (Å²) in [4.78, 5) is 23.5. The predicted molar refractivity (Wildman–Crippen MR) is 60.6 cm³/mol. The fraction of sp³-hybridized carbons (Fsp3) is 0.333. The molecule has 0 heterocycles. The van der Waals surface area contributed by atoms with Crippen molar-refractivity contribution in [3.05, 3.63) is 35.4 Å². The van der Waals surface area contributed by atoms with Crippen molar-refractivity contribution in [2.24, 2.45) is 0 Å². The summed E-state index contributed by atoms with van der Waals surface area (Å²) in [7, 11) is 1.28. The number of amides is 1. The van der Waals surface area contributed by atoms with Gasteiger partial charge in [-0.2, -0.15) is 13.2 Å². The number of benzene rings is 1. The quantitative estimate of drug-likeness (QED) is 0.920.